The zero-order valence-corrected chi connectivity index (χ0v) is 16.7. The van der Waals surface area contributed by atoms with Crippen LogP contribution < -0.4 is 16.4 Å². The smallest absolute Gasteiger partial charge is 0.158 e. The molecule has 0 amide bonds. The highest BCUT2D eigenvalue weighted by atomic mass is 35.5. The fourth-order valence-electron chi connectivity index (χ4n) is 2.80. The van der Waals surface area contributed by atoms with Crippen molar-refractivity contribution in [3.8, 4) is 0 Å². The molecule has 0 bridgehead atoms. The normalized spacial score (nSPS) is 23.3. The molecule has 0 unspecified atom stereocenters. The van der Waals surface area contributed by atoms with Crippen LogP contribution in [-0.4, -0.2) is 40.8 Å². The van der Waals surface area contributed by atoms with Crippen LogP contribution in [0.1, 0.15) is 13.3 Å². The van der Waals surface area contributed by atoms with E-state index in [4.69, 9.17) is 34.7 Å². The highest BCUT2D eigenvalue weighted by molar-refractivity contribution is 7.99. The summed E-state index contributed by atoms with van der Waals surface area (Å²) in [6.45, 7) is 3.65. The number of nitrogen functional groups attached to an aromatic ring is 1. The van der Waals surface area contributed by atoms with E-state index in [9.17, 15) is 5.11 Å². The van der Waals surface area contributed by atoms with Gasteiger partial charge < -0.3 is 21.5 Å². The summed E-state index contributed by atoms with van der Waals surface area (Å²) in [4.78, 5) is 11.6. The number of hydrogen-bond acceptors (Lipinski definition) is 7. The predicted octanol–water partition coefficient (Wildman–Crippen LogP) is 3.05. The molecule has 9 heteroatoms. The van der Waals surface area contributed by atoms with E-state index in [2.05, 4.69) is 9.97 Å². The Morgan fingerprint density at radius 1 is 1.42 bits per heavy atom. The minimum atomic E-state index is -0.524. The summed E-state index contributed by atoms with van der Waals surface area (Å²) in [6, 6.07) is 5.39. The van der Waals surface area contributed by atoms with Gasteiger partial charge in [-0.25, -0.2) is 9.97 Å². The Bertz CT molecular complexity index is 809. The second kappa shape index (κ2) is 7.78. The standard InChI is InChI=1S/C17H21Cl2N5OS/c1-17(9-20)5-6-24(8-12(17)25)13-7-22-16(15(21)23-13)26-11-4-2-3-10(18)14(11)19/h2-4,7,12,25H,5-6,8-9,20H2,1H3,(H2,21,23)/t12-,17-/m0/s1. The van der Waals surface area contributed by atoms with Crippen molar-refractivity contribution < 1.29 is 5.11 Å². The molecule has 0 spiro atoms. The molecule has 26 heavy (non-hydrogen) atoms. The molecule has 1 fully saturated rings. The average molecular weight is 414 g/mol. The molecule has 140 valence electrons. The first-order chi connectivity index (χ1) is 12.3. The van der Waals surface area contributed by atoms with Crippen LogP contribution in [0.2, 0.25) is 10.0 Å². The molecule has 1 aliphatic rings. The number of benzene rings is 1. The van der Waals surface area contributed by atoms with Crippen molar-refractivity contribution in [1.29, 1.82) is 0 Å². The Hall–Kier alpha value is -1.25. The molecule has 1 saturated heterocycles. The maximum absolute atomic E-state index is 10.4. The zero-order valence-electron chi connectivity index (χ0n) is 14.3. The summed E-state index contributed by atoms with van der Waals surface area (Å²) < 4.78 is 0. The number of rotatable bonds is 4. The van der Waals surface area contributed by atoms with Gasteiger partial charge in [-0.1, -0.05) is 48.0 Å². The van der Waals surface area contributed by atoms with Gasteiger partial charge in [-0.2, -0.15) is 0 Å². The Labute approximate surface area is 166 Å². The van der Waals surface area contributed by atoms with Gasteiger partial charge in [0.25, 0.3) is 0 Å². The van der Waals surface area contributed by atoms with E-state index in [0.29, 0.717) is 39.8 Å². The number of anilines is 2. The summed E-state index contributed by atoms with van der Waals surface area (Å²) in [7, 11) is 0. The van der Waals surface area contributed by atoms with E-state index >= 15 is 0 Å². The number of halogens is 2. The van der Waals surface area contributed by atoms with Crippen LogP contribution in [-0.2, 0) is 0 Å². The fourth-order valence-corrected chi connectivity index (χ4v) is 4.09. The third kappa shape index (κ3) is 3.87. The first kappa shape index (κ1) is 19.5. The van der Waals surface area contributed by atoms with Crippen LogP contribution in [0.4, 0.5) is 11.6 Å². The SMILES string of the molecule is C[C@@]1(CN)CCN(c2cnc(Sc3cccc(Cl)c3Cl)c(N)n2)C[C@@H]1O. The van der Waals surface area contributed by atoms with Gasteiger partial charge in [0.15, 0.2) is 5.82 Å². The highest BCUT2D eigenvalue weighted by Crippen LogP contribution is 2.38. The second-order valence-corrected chi connectivity index (χ2v) is 8.46. The molecule has 6 nitrogen and oxygen atoms in total. The first-order valence-corrected chi connectivity index (χ1v) is 9.79. The van der Waals surface area contributed by atoms with E-state index in [1.807, 2.05) is 24.0 Å². The lowest BCUT2D eigenvalue weighted by atomic mass is 9.78. The van der Waals surface area contributed by atoms with Crippen molar-refractivity contribution in [2.24, 2.45) is 11.1 Å². The third-order valence-electron chi connectivity index (χ3n) is 4.82. The van der Waals surface area contributed by atoms with Gasteiger partial charge in [0.1, 0.15) is 10.8 Å². The Morgan fingerprint density at radius 2 is 2.19 bits per heavy atom. The van der Waals surface area contributed by atoms with Crippen molar-refractivity contribution in [1.82, 2.24) is 9.97 Å². The number of β-amino-alcohol motifs (C(OH)–C–C–N with tert-alkyl or cyclic N) is 1. The van der Waals surface area contributed by atoms with E-state index < -0.39 is 6.10 Å². The van der Waals surface area contributed by atoms with Crippen LogP contribution in [0.3, 0.4) is 0 Å². The van der Waals surface area contributed by atoms with E-state index in [0.717, 1.165) is 17.9 Å². The number of piperidine rings is 1. The maximum Gasteiger partial charge on any atom is 0.158 e. The van der Waals surface area contributed by atoms with Crippen molar-refractivity contribution in [3.63, 3.8) is 0 Å². The number of aliphatic hydroxyl groups excluding tert-OH is 1. The molecule has 1 aliphatic heterocycles. The molecule has 2 atom stereocenters. The summed E-state index contributed by atoms with van der Waals surface area (Å²) in [5.74, 6) is 0.951. The average Bonchev–Trinajstić information content (AvgIpc) is 2.63. The second-order valence-electron chi connectivity index (χ2n) is 6.64. The van der Waals surface area contributed by atoms with E-state index in [1.54, 1.807) is 12.3 Å². The fraction of sp³-hybridized carbons (Fsp3) is 0.412. The summed E-state index contributed by atoms with van der Waals surface area (Å²) in [6.07, 6.45) is 1.92. The van der Waals surface area contributed by atoms with Gasteiger partial charge in [-0.3, -0.25) is 0 Å². The number of nitrogens with two attached hydrogens (primary N) is 2. The number of aliphatic hydroxyl groups is 1. The first-order valence-electron chi connectivity index (χ1n) is 8.21. The molecular formula is C17H21Cl2N5OS. The molecule has 1 aromatic carbocycles. The number of hydrogen-bond donors (Lipinski definition) is 3. The molecule has 0 radical (unpaired) electrons. The lowest BCUT2D eigenvalue weighted by Crippen LogP contribution is -2.53. The van der Waals surface area contributed by atoms with Gasteiger partial charge in [0.05, 0.1) is 22.3 Å². The molecule has 5 N–H and O–H groups in total. The molecule has 1 aromatic heterocycles. The van der Waals surface area contributed by atoms with Crippen molar-refractivity contribution in [3.05, 3.63) is 34.4 Å². The van der Waals surface area contributed by atoms with E-state index in [-0.39, 0.29) is 5.41 Å². The monoisotopic (exact) mass is 413 g/mol. The minimum absolute atomic E-state index is 0.269. The lowest BCUT2D eigenvalue weighted by Gasteiger charge is -2.43. The van der Waals surface area contributed by atoms with Crippen molar-refractivity contribution in [2.75, 3.05) is 30.3 Å². The van der Waals surface area contributed by atoms with Gasteiger partial charge in [-0.15, -0.1) is 0 Å². The van der Waals surface area contributed by atoms with Gasteiger partial charge >= 0.3 is 0 Å². The maximum atomic E-state index is 10.4. The summed E-state index contributed by atoms with van der Waals surface area (Å²) in [5.41, 5.74) is 11.6. The third-order valence-corrected chi connectivity index (χ3v) is 6.81. The van der Waals surface area contributed by atoms with Crippen LogP contribution >= 0.6 is 35.0 Å². The number of nitrogens with zero attached hydrogens (tertiary/aromatic N) is 3. The molecule has 0 saturated carbocycles. The van der Waals surface area contributed by atoms with Crippen molar-refractivity contribution in [2.45, 2.75) is 29.4 Å². The molecule has 3 rings (SSSR count). The highest BCUT2D eigenvalue weighted by Gasteiger charge is 2.37. The lowest BCUT2D eigenvalue weighted by molar-refractivity contribution is 0.0278. The Kier molecular flexibility index (Phi) is 5.84. The van der Waals surface area contributed by atoms with Crippen molar-refractivity contribution >= 4 is 46.6 Å². The minimum Gasteiger partial charge on any atom is -0.391 e. The van der Waals surface area contributed by atoms with Crippen LogP contribution in [0.15, 0.2) is 34.3 Å². The largest absolute Gasteiger partial charge is 0.391 e. The molecule has 2 heterocycles. The molecular weight excluding hydrogens is 393 g/mol. The molecule has 0 aliphatic carbocycles. The summed E-state index contributed by atoms with van der Waals surface area (Å²) >= 11 is 13.6. The van der Waals surface area contributed by atoms with Crippen LogP contribution in [0.25, 0.3) is 0 Å². The van der Waals surface area contributed by atoms with Gasteiger partial charge in [0, 0.05) is 29.9 Å². The van der Waals surface area contributed by atoms with Gasteiger partial charge in [0.2, 0.25) is 0 Å². The number of aromatic nitrogens is 2. The predicted molar refractivity (Wildman–Crippen MR) is 107 cm³/mol. The summed E-state index contributed by atoms with van der Waals surface area (Å²) in [5, 5.41) is 11.9. The van der Waals surface area contributed by atoms with Crippen LogP contribution in [0.5, 0.6) is 0 Å². The topological polar surface area (TPSA) is 101 Å². The molecule has 2 aromatic rings. The van der Waals surface area contributed by atoms with Crippen LogP contribution in [0, 0.1) is 5.41 Å². The Morgan fingerprint density at radius 3 is 2.85 bits per heavy atom. The zero-order chi connectivity index (χ0) is 18.9. The van der Waals surface area contributed by atoms with Gasteiger partial charge in [-0.05, 0) is 18.6 Å². The van der Waals surface area contributed by atoms with E-state index in [1.165, 1.54) is 11.8 Å². The quantitative estimate of drug-likeness (QED) is 0.707. The Balaban J connectivity index is 1.77.